The van der Waals surface area contributed by atoms with Crippen LogP contribution in [0, 0.1) is 0 Å². The number of aromatic hydroxyl groups is 1. The highest BCUT2D eigenvalue weighted by Gasteiger charge is 2.02. The average molecular weight is 284 g/mol. The lowest BCUT2D eigenvalue weighted by Gasteiger charge is -2.06. The first-order chi connectivity index (χ1) is 10.1. The van der Waals surface area contributed by atoms with Gasteiger partial charge in [0, 0.05) is 0 Å². The summed E-state index contributed by atoms with van der Waals surface area (Å²) >= 11 is 0. The molecule has 21 heavy (non-hydrogen) atoms. The van der Waals surface area contributed by atoms with Gasteiger partial charge in [-0.3, -0.25) is 0 Å². The van der Waals surface area contributed by atoms with Gasteiger partial charge >= 0.3 is 5.97 Å². The lowest BCUT2D eigenvalue weighted by atomic mass is 10.1. The number of phenols is 1. The van der Waals surface area contributed by atoms with Crippen molar-refractivity contribution in [2.75, 3.05) is 6.61 Å². The van der Waals surface area contributed by atoms with Crippen molar-refractivity contribution in [2.45, 2.75) is 6.92 Å². The molecule has 0 saturated heterocycles. The Balaban J connectivity index is 2.17. The standard InChI is InChI=1S/C17H16O4/c1-2-21-16-11-13(7-10-15(16)18)4-3-12-5-8-14(9-6-12)17(19)20/h3-11,18H,2H2,1H3,(H,19,20)/b4-3+. The van der Waals surface area contributed by atoms with Crippen molar-refractivity contribution in [1.82, 2.24) is 0 Å². The second kappa shape index (κ2) is 6.61. The number of phenolic OH excluding ortho intramolecular Hbond substituents is 1. The number of ether oxygens (including phenoxy) is 1. The van der Waals surface area contributed by atoms with Gasteiger partial charge in [0.1, 0.15) is 0 Å². The van der Waals surface area contributed by atoms with Gasteiger partial charge in [-0.25, -0.2) is 4.79 Å². The highest BCUT2D eigenvalue weighted by Crippen LogP contribution is 2.27. The number of rotatable bonds is 5. The maximum Gasteiger partial charge on any atom is 0.335 e. The van der Waals surface area contributed by atoms with E-state index >= 15 is 0 Å². The summed E-state index contributed by atoms with van der Waals surface area (Å²) in [6.07, 6.45) is 3.74. The molecule has 0 radical (unpaired) electrons. The smallest absolute Gasteiger partial charge is 0.335 e. The van der Waals surface area contributed by atoms with Gasteiger partial charge in [-0.2, -0.15) is 0 Å². The second-order valence-electron chi connectivity index (χ2n) is 4.42. The molecule has 2 aromatic carbocycles. The monoisotopic (exact) mass is 284 g/mol. The van der Waals surface area contributed by atoms with Gasteiger partial charge in [0.25, 0.3) is 0 Å². The van der Waals surface area contributed by atoms with Gasteiger partial charge in [0.2, 0.25) is 0 Å². The van der Waals surface area contributed by atoms with E-state index in [1.54, 1.807) is 42.5 Å². The van der Waals surface area contributed by atoms with Crippen molar-refractivity contribution in [1.29, 1.82) is 0 Å². The van der Waals surface area contributed by atoms with Crippen molar-refractivity contribution in [2.24, 2.45) is 0 Å². The summed E-state index contributed by atoms with van der Waals surface area (Å²) in [6.45, 7) is 2.34. The van der Waals surface area contributed by atoms with E-state index in [1.165, 1.54) is 0 Å². The van der Waals surface area contributed by atoms with E-state index < -0.39 is 5.97 Å². The summed E-state index contributed by atoms with van der Waals surface area (Å²) < 4.78 is 5.32. The number of carboxylic acid groups (broad SMARTS) is 1. The molecule has 0 heterocycles. The summed E-state index contributed by atoms with van der Waals surface area (Å²) in [5.74, 6) is -0.383. The lowest BCUT2D eigenvalue weighted by Crippen LogP contribution is -1.94. The van der Waals surface area contributed by atoms with Crippen LogP contribution in [-0.2, 0) is 0 Å². The predicted molar refractivity (Wildman–Crippen MR) is 81.6 cm³/mol. The fraction of sp³-hybridized carbons (Fsp3) is 0.118. The zero-order valence-corrected chi connectivity index (χ0v) is 11.6. The van der Waals surface area contributed by atoms with Crippen LogP contribution in [0.3, 0.4) is 0 Å². The Hall–Kier alpha value is -2.75. The van der Waals surface area contributed by atoms with Crippen molar-refractivity contribution < 1.29 is 19.7 Å². The molecule has 0 aliphatic heterocycles. The maximum absolute atomic E-state index is 10.8. The van der Waals surface area contributed by atoms with E-state index in [9.17, 15) is 9.90 Å². The zero-order valence-electron chi connectivity index (χ0n) is 11.6. The highest BCUT2D eigenvalue weighted by atomic mass is 16.5. The van der Waals surface area contributed by atoms with Crippen molar-refractivity contribution in [3.8, 4) is 11.5 Å². The molecule has 0 aliphatic carbocycles. The fourth-order valence-electron chi connectivity index (χ4n) is 1.83. The maximum atomic E-state index is 10.8. The third-order valence-electron chi connectivity index (χ3n) is 2.91. The normalized spacial score (nSPS) is 10.7. The molecule has 0 bridgehead atoms. The average Bonchev–Trinajstić information content (AvgIpc) is 2.48. The number of benzene rings is 2. The van der Waals surface area contributed by atoms with Crippen LogP contribution in [0.25, 0.3) is 12.2 Å². The molecule has 4 heteroatoms. The van der Waals surface area contributed by atoms with Gasteiger partial charge in [0.05, 0.1) is 12.2 Å². The molecule has 0 spiro atoms. The van der Waals surface area contributed by atoms with Gasteiger partial charge in [-0.05, 0) is 42.3 Å². The van der Waals surface area contributed by atoms with E-state index in [1.807, 2.05) is 19.1 Å². The first kappa shape index (κ1) is 14.7. The molecule has 2 N–H and O–H groups in total. The Morgan fingerprint density at radius 1 is 1.10 bits per heavy atom. The Kier molecular flexibility index (Phi) is 4.61. The molecule has 0 aliphatic rings. The van der Waals surface area contributed by atoms with Crippen LogP contribution >= 0.6 is 0 Å². The van der Waals surface area contributed by atoms with Crippen LogP contribution in [0.1, 0.15) is 28.4 Å². The molecule has 2 aromatic rings. The largest absolute Gasteiger partial charge is 0.504 e. The molecule has 108 valence electrons. The number of hydrogen-bond acceptors (Lipinski definition) is 3. The van der Waals surface area contributed by atoms with Gasteiger partial charge < -0.3 is 14.9 Å². The minimum absolute atomic E-state index is 0.111. The van der Waals surface area contributed by atoms with Gasteiger partial charge in [0.15, 0.2) is 11.5 Å². The van der Waals surface area contributed by atoms with Crippen molar-refractivity contribution in [3.05, 3.63) is 59.2 Å². The molecule has 0 amide bonds. The zero-order chi connectivity index (χ0) is 15.2. The number of carboxylic acids is 1. The van der Waals surface area contributed by atoms with Crippen LogP contribution in [-0.4, -0.2) is 22.8 Å². The first-order valence-corrected chi connectivity index (χ1v) is 6.57. The second-order valence-corrected chi connectivity index (χ2v) is 4.42. The Morgan fingerprint density at radius 2 is 1.71 bits per heavy atom. The Labute approximate surface area is 122 Å². The number of carbonyl (C=O) groups is 1. The molecule has 4 nitrogen and oxygen atoms in total. The molecule has 0 atom stereocenters. The SMILES string of the molecule is CCOc1cc(/C=C/c2ccc(C(=O)O)cc2)ccc1O. The predicted octanol–water partition coefficient (Wildman–Crippen LogP) is 3.66. The Bertz CT molecular complexity index is 657. The summed E-state index contributed by atoms with van der Waals surface area (Å²) in [4.78, 5) is 10.8. The molecular weight excluding hydrogens is 268 g/mol. The first-order valence-electron chi connectivity index (χ1n) is 6.57. The third kappa shape index (κ3) is 3.86. The van der Waals surface area contributed by atoms with E-state index in [4.69, 9.17) is 9.84 Å². The number of hydrogen-bond donors (Lipinski definition) is 2. The topological polar surface area (TPSA) is 66.8 Å². The van der Waals surface area contributed by atoms with E-state index in [0.29, 0.717) is 12.4 Å². The van der Waals surface area contributed by atoms with Crippen LogP contribution in [0.5, 0.6) is 11.5 Å². The summed E-state index contributed by atoms with van der Waals surface area (Å²) in [5, 5.41) is 18.5. The quantitative estimate of drug-likeness (QED) is 0.822. The van der Waals surface area contributed by atoms with E-state index in [0.717, 1.165) is 11.1 Å². The van der Waals surface area contributed by atoms with E-state index in [-0.39, 0.29) is 11.3 Å². The lowest BCUT2D eigenvalue weighted by molar-refractivity contribution is 0.0697. The van der Waals surface area contributed by atoms with Gasteiger partial charge in [-0.1, -0.05) is 30.4 Å². The van der Waals surface area contributed by atoms with Crippen LogP contribution in [0.4, 0.5) is 0 Å². The summed E-state index contributed by atoms with van der Waals surface area (Å²) in [7, 11) is 0. The minimum Gasteiger partial charge on any atom is -0.504 e. The van der Waals surface area contributed by atoms with Gasteiger partial charge in [-0.15, -0.1) is 0 Å². The van der Waals surface area contributed by atoms with E-state index in [2.05, 4.69) is 0 Å². The number of aromatic carboxylic acids is 1. The molecule has 2 rings (SSSR count). The summed E-state index contributed by atoms with van der Waals surface area (Å²) in [5.41, 5.74) is 2.04. The molecule has 0 unspecified atom stereocenters. The van der Waals surface area contributed by atoms with Crippen LogP contribution in [0.2, 0.25) is 0 Å². The molecule has 0 aromatic heterocycles. The minimum atomic E-state index is -0.939. The fourth-order valence-corrected chi connectivity index (χ4v) is 1.83. The van der Waals surface area contributed by atoms with Crippen molar-refractivity contribution in [3.63, 3.8) is 0 Å². The molecule has 0 fully saturated rings. The summed E-state index contributed by atoms with van der Waals surface area (Å²) in [6, 6.07) is 11.7. The van der Waals surface area contributed by atoms with Crippen LogP contribution in [0.15, 0.2) is 42.5 Å². The third-order valence-corrected chi connectivity index (χ3v) is 2.91. The molecular formula is C17H16O4. The van der Waals surface area contributed by atoms with Crippen LogP contribution < -0.4 is 4.74 Å². The van der Waals surface area contributed by atoms with Crippen molar-refractivity contribution >= 4 is 18.1 Å². The molecule has 0 saturated carbocycles. The highest BCUT2D eigenvalue weighted by molar-refractivity contribution is 5.88. The Morgan fingerprint density at radius 3 is 2.33 bits per heavy atom.